The number of nitrogens with zero attached hydrogens (tertiary/aromatic N) is 5. The molecule has 3 aromatic heterocycles. The van der Waals surface area contributed by atoms with Gasteiger partial charge in [-0.1, -0.05) is 85.8 Å². The predicted molar refractivity (Wildman–Crippen MR) is 250 cm³/mol. The number of tetrazole rings is 1. The molecule has 2 unspecified atom stereocenters. The molecule has 66 heavy (non-hydrogen) atoms. The Morgan fingerprint density at radius 1 is 0.818 bits per heavy atom. The molecule has 0 saturated heterocycles. The molecule has 0 fully saturated rings. The molecular formula is C49H49N9O7S. The number of aryl methyl sites for hydroxylation is 1. The number of para-hydroxylation sites is 1. The van der Waals surface area contributed by atoms with Crippen LogP contribution >= 0.6 is 11.8 Å². The predicted octanol–water partition coefficient (Wildman–Crippen LogP) is 9.86. The van der Waals surface area contributed by atoms with E-state index in [0.717, 1.165) is 68.6 Å². The van der Waals surface area contributed by atoms with Crippen LogP contribution in [0.1, 0.15) is 84.4 Å². The number of carbonyl (C=O) groups is 3. The molecule has 0 aliphatic carbocycles. The fourth-order valence-corrected chi connectivity index (χ4v) is 8.24. The van der Waals surface area contributed by atoms with E-state index in [-0.39, 0.29) is 18.0 Å². The van der Waals surface area contributed by atoms with Gasteiger partial charge in [0.25, 0.3) is 5.97 Å². The first-order chi connectivity index (χ1) is 32.1. The fraction of sp³-hybridized carbons (Fsp3) is 0.224. The van der Waals surface area contributed by atoms with Crippen molar-refractivity contribution >= 4 is 40.8 Å². The van der Waals surface area contributed by atoms with Crippen LogP contribution in [0.15, 0.2) is 126 Å². The maximum absolute atomic E-state index is 13.3. The van der Waals surface area contributed by atoms with E-state index in [1.165, 1.54) is 0 Å². The summed E-state index contributed by atoms with van der Waals surface area (Å²) < 4.78 is 17.1. The Labute approximate surface area is 384 Å². The molecule has 5 aromatic carbocycles. The highest BCUT2D eigenvalue weighted by molar-refractivity contribution is 7.99. The topological polar surface area (TPSA) is 223 Å². The average Bonchev–Trinajstić information content (AvgIpc) is 4.11. The smallest absolute Gasteiger partial charge is 0.412 e. The SMILES string of the molecule is CC(=O)O.CCCc1nc(C(=O)OCC)c(C(Cc2ccc(-c3ccccc3-c3nn[nH]n3)cc2)Sc2ccc3nc(C(C)Oc4ccc(CNC(=O)Oc5ccccc5)cc4)[nH]c3c2)[nH]1. The molecule has 8 rings (SSSR count). The lowest BCUT2D eigenvalue weighted by molar-refractivity contribution is -0.134. The highest BCUT2D eigenvalue weighted by Gasteiger charge is 2.27. The second-order valence-electron chi connectivity index (χ2n) is 15.0. The van der Waals surface area contributed by atoms with Gasteiger partial charge in [-0.05, 0) is 96.6 Å². The lowest BCUT2D eigenvalue weighted by Gasteiger charge is -2.17. The third-order valence-corrected chi connectivity index (χ3v) is 11.2. The van der Waals surface area contributed by atoms with Crippen molar-refractivity contribution in [2.24, 2.45) is 0 Å². The van der Waals surface area contributed by atoms with Crippen molar-refractivity contribution in [2.45, 2.75) is 69.8 Å². The zero-order valence-corrected chi connectivity index (χ0v) is 37.6. The number of aliphatic carboxylic acids is 1. The van der Waals surface area contributed by atoms with E-state index in [4.69, 9.17) is 34.1 Å². The molecule has 0 spiro atoms. The summed E-state index contributed by atoms with van der Waals surface area (Å²) in [7, 11) is 0. The van der Waals surface area contributed by atoms with Crippen molar-refractivity contribution in [3.8, 4) is 34.0 Å². The molecular weight excluding hydrogens is 859 g/mol. The summed E-state index contributed by atoms with van der Waals surface area (Å²) in [5.41, 5.74) is 7.56. The van der Waals surface area contributed by atoms with E-state index >= 15 is 0 Å². The van der Waals surface area contributed by atoms with Crippen molar-refractivity contribution in [3.63, 3.8) is 0 Å². The first kappa shape index (κ1) is 46.2. The number of esters is 1. The molecule has 8 aromatic rings. The van der Waals surface area contributed by atoms with Gasteiger partial charge in [0.2, 0.25) is 5.82 Å². The summed E-state index contributed by atoms with van der Waals surface area (Å²) in [6.07, 6.45) is 1.27. The van der Waals surface area contributed by atoms with Crippen LogP contribution in [-0.4, -0.2) is 70.3 Å². The number of ether oxygens (including phenoxy) is 3. The van der Waals surface area contributed by atoms with Crippen LogP contribution in [-0.2, 0) is 28.9 Å². The quantitative estimate of drug-likeness (QED) is 0.0424. The summed E-state index contributed by atoms with van der Waals surface area (Å²) >= 11 is 1.64. The lowest BCUT2D eigenvalue weighted by Crippen LogP contribution is -2.26. The number of benzene rings is 5. The Morgan fingerprint density at radius 2 is 1.53 bits per heavy atom. The fourth-order valence-electron chi connectivity index (χ4n) is 7.01. The number of H-pyrrole nitrogens is 3. The number of imidazole rings is 2. The van der Waals surface area contributed by atoms with E-state index in [0.29, 0.717) is 48.2 Å². The number of nitrogens with one attached hydrogen (secondary N) is 4. The monoisotopic (exact) mass is 907 g/mol. The van der Waals surface area contributed by atoms with Crippen LogP contribution in [0.3, 0.4) is 0 Å². The average molecular weight is 908 g/mol. The number of aromatic nitrogens is 8. The van der Waals surface area contributed by atoms with Crippen molar-refractivity contribution in [1.29, 1.82) is 0 Å². The van der Waals surface area contributed by atoms with Gasteiger partial charge < -0.3 is 34.6 Å². The number of fused-ring (bicyclic) bond motifs is 1. The normalized spacial score (nSPS) is 11.8. The van der Waals surface area contributed by atoms with Crippen molar-refractivity contribution in [1.82, 2.24) is 45.9 Å². The molecule has 16 nitrogen and oxygen atoms in total. The molecule has 0 bridgehead atoms. The van der Waals surface area contributed by atoms with Gasteiger partial charge in [-0.25, -0.2) is 19.6 Å². The zero-order valence-electron chi connectivity index (χ0n) is 36.8. The standard InChI is InChI=1S/C47H45N9O5S.C2H4O2/c1-4-11-41-51-42(43(52-41)46(57)59-5-2)40(26-30-16-20-32(21-17-30)36-14-9-10-15-37(36)45-53-55-56-54-45)62-35-24-25-38-39(27-35)50-44(49-38)29(3)60-34-22-18-31(19-23-34)28-48-47(58)61-33-12-7-6-8-13-33;1-2(3)4/h6-10,12-25,27,29,40H,4-5,11,26,28H2,1-3H3,(H,48,58)(H,49,50)(H,51,52)(H,53,54,55,56);1H3,(H,3,4). The highest BCUT2D eigenvalue weighted by atomic mass is 32.2. The maximum Gasteiger partial charge on any atom is 0.412 e. The van der Waals surface area contributed by atoms with Gasteiger partial charge in [0.05, 0.1) is 28.6 Å². The highest BCUT2D eigenvalue weighted by Crippen LogP contribution is 2.40. The Balaban J connectivity index is 0.00000156. The summed E-state index contributed by atoms with van der Waals surface area (Å²) in [6.45, 7) is 7.46. The number of carboxylic acid groups (broad SMARTS) is 1. The van der Waals surface area contributed by atoms with Crippen LogP contribution in [0.2, 0.25) is 0 Å². The third kappa shape index (κ3) is 12.3. The van der Waals surface area contributed by atoms with Gasteiger partial charge in [0.15, 0.2) is 11.8 Å². The van der Waals surface area contributed by atoms with Crippen LogP contribution < -0.4 is 14.8 Å². The van der Waals surface area contributed by atoms with Crippen molar-refractivity contribution in [3.05, 3.63) is 155 Å². The van der Waals surface area contributed by atoms with Crippen molar-refractivity contribution in [2.75, 3.05) is 6.61 Å². The number of thioether (sulfide) groups is 1. The summed E-state index contributed by atoms with van der Waals surface area (Å²) in [4.78, 5) is 52.1. The summed E-state index contributed by atoms with van der Waals surface area (Å²) in [5.74, 6) is 1.82. The van der Waals surface area contributed by atoms with Crippen LogP contribution in [0.4, 0.5) is 4.79 Å². The van der Waals surface area contributed by atoms with Crippen LogP contribution in [0.25, 0.3) is 33.5 Å². The second-order valence-corrected chi connectivity index (χ2v) is 16.3. The molecule has 5 N–H and O–H groups in total. The number of rotatable bonds is 17. The molecule has 0 aliphatic rings. The van der Waals surface area contributed by atoms with Gasteiger partial charge in [-0.2, -0.15) is 5.21 Å². The molecule has 3 heterocycles. The Morgan fingerprint density at radius 3 is 2.23 bits per heavy atom. The number of carbonyl (C=O) groups excluding carboxylic acids is 2. The number of hydrogen-bond acceptors (Lipinski definition) is 12. The zero-order chi connectivity index (χ0) is 46.4. The van der Waals surface area contributed by atoms with Crippen LogP contribution in [0, 0.1) is 0 Å². The molecule has 2 atom stereocenters. The first-order valence-electron chi connectivity index (χ1n) is 21.4. The number of amides is 1. The molecule has 17 heteroatoms. The molecule has 0 aliphatic heterocycles. The van der Waals surface area contributed by atoms with Gasteiger partial charge in [-0.3, -0.25) is 4.79 Å². The van der Waals surface area contributed by atoms with Gasteiger partial charge in [0, 0.05) is 30.3 Å². The largest absolute Gasteiger partial charge is 0.483 e. The van der Waals surface area contributed by atoms with E-state index in [2.05, 4.69) is 73.2 Å². The Bertz CT molecular complexity index is 2850. The van der Waals surface area contributed by atoms with E-state index in [9.17, 15) is 9.59 Å². The second kappa shape index (κ2) is 22.2. The molecule has 338 valence electrons. The van der Waals surface area contributed by atoms with E-state index < -0.39 is 18.0 Å². The Kier molecular flexibility index (Phi) is 15.6. The third-order valence-electron chi connectivity index (χ3n) is 10.0. The van der Waals surface area contributed by atoms with Gasteiger partial charge in [-0.15, -0.1) is 22.0 Å². The number of hydrogen-bond donors (Lipinski definition) is 5. The van der Waals surface area contributed by atoms with Crippen molar-refractivity contribution < 1.29 is 33.7 Å². The minimum atomic E-state index is -0.833. The van der Waals surface area contributed by atoms with E-state index in [1.807, 2.05) is 73.7 Å². The van der Waals surface area contributed by atoms with Gasteiger partial charge in [0.1, 0.15) is 23.1 Å². The van der Waals surface area contributed by atoms with E-state index in [1.54, 1.807) is 43.0 Å². The Hall–Kier alpha value is -7.79. The minimum Gasteiger partial charge on any atom is -0.483 e. The van der Waals surface area contributed by atoms with Crippen LogP contribution in [0.5, 0.6) is 11.5 Å². The summed E-state index contributed by atoms with van der Waals surface area (Å²) in [6, 6.07) is 38.9. The lowest BCUT2D eigenvalue weighted by atomic mass is 9.97. The van der Waals surface area contributed by atoms with Gasteiger partial charge >= 0.3 is 12.1 Å². The summed E-state index contributed by atoms with van der Waals surface area (Å²) in [5, 5.41) is 24.6. The molecule has 0 radical (unpaired) electrons. The number of carboxylic acids is 1. The maximum atomic E-state index is 13.3. The number of aromatic amines is 3. The molecule has 1 amide bonds. The minimum absolute atomic E-state index is 0.222. The molecule has 0 saturated carbocycles. The first-order valence-corrected chi connectivity index (χ1v) is 22.2.